The van der Waals surface area contributed by atoms with Gasteiger partial charge in [-0.1, -0.05) is 20.8 Å². The van der Waals surface area contributed by atoms with Crippen molar-refractivity contribution in [1.82, 2.24) is 0 Å². The number of aliphatic carboxylic acids is 1. The Balaban J connectivity index is 2.73. The van der Waals surface area contributed by atoms with E-state index >= 15 is 0 Å². The maximum absolute atomic E-state index is 11.4. The van der Waals surface area contributed by atoms with Gasteiger partial charge in [0.25, 0.3) is 0 Å². The molecule has 5 nitrogen and oxygen atoms in total. The van der Waals surface area contributed by atoms with Crippen LogP contribution in [-0.4, -0.2) is 29.4 Å². The molecule has 5 heteroatoms. The van der Waals surface area contributed by atoms with Crippen LogP contribution in [0.2, 0.25) is 0 Å². The summed E-state index contributed by atoms with van der Waals surface area (Å²) in [6.07, 6.45) is -1.66. The van der Waals surface area contributed by atoms with Crippen LogP contribution in [0.4, 0.5) is 0 Å². The highest BCUT2D eigenvalue weighted by molar-refractivity contribution is 5.83. The zero-order valence-corrected chi connectivity index (χ0v) is 9.31. The summed E-state index contributed by atoms with van der Waals surface area (Å²) in [7, 11) is 0. The van der Waals surface area contributed by atoms with Crippen molar-refractivity contribution in [2.75, 3.05) is 0 Å². The molecule has 0 unspecified atom stereocenters. The van der Waals surface area contributed by atoms with E-state index < -0.39 is 30.3 Å². The zero-order chi connectivity index (χ0) is 11.8. The van der Waals surface area contributed by atoms with Crippen LogP contribution >= 0.6 is 0 Å². The molecular weight excluding hydrogens is 200 g/mol. The molecule has 1 aliphatic rings. The zero-order valence-electron chi connectivity index (χ0n) is 9.31. The number of esters is 1. The Hall–Kier alpha value is -1.10. The highest BCUT2D eigenvalue weighted by atomic mass is 16.8. The Morgan fingerprint density at radius 2 is 2.00 bits per heavy atom. The van der Waals surface area contributed by atoms with Crippen molar-refractivity contribution < 1.29 is 24.2 Å². The molecule has 1 rings (SSSR count). The molecule has 0 amide bonds. The van der Waals surface area contributed by atoms with Gasteiger partial charge in [-0.2, -0.15) is 0 Å². The van der Waals surface area contributed by atoms with Crippen molar-refractivity contribution in [2.24, 2.45) is 11.3 Å². The van der Waals surface area contributed by atoms with Crippen molar-refractivity contribution in [2.45, 2.75) is 40.1 Å². The normalized spacial score (nSPS) is 28.7. The standard InChI is InChI=1S/C10H16O5/c1-5(7(11)12)6-8(13)15-9(14-6)10(2,3)4/h5-6,9H,1-4H3,(H,11,12)/t5-,6+,9+/m1/s1. The smallest absolute Gasteiger partial charge is 0.338 e. The van der Waals surface area contributed by atoms with Crippen LogP contribution in [0.25, 0.3) is 0 Å². The van der Waals surface area contributed by atoms with Gasteiger partial charge in [0.1, 0.15) is 0 Å². The summed E-state index contributed by atoms with van der Waals surface area (Å²) in [5.74, 6) is -2.54. The van der Waals surface area contributed by atoms with Gasteiger partial charge in [-0.3, -0.25) is 4.79 Å². The molecule has 0 aromatic carbocycles. The maximum atomic E-state index is 11.4. The van der Waals surface area contributed by atoms with E-state index in [-0.39, 0.29) is 5.41 Å². The van der Waals surface area contributed by atoms with E-state index in [1.54, 1.807) is 0 Å². The average Bonchev–Trinajstić information content (AvgIpc) is 2.45. The van der Waals surface area contributed by atoms with Gasteiger partial charge in [-0.15, -0.1) is 0 Å². The minimum absolute atomic E-state index is 0.345. The number of cyclic esters (lactones) is 1. The molecule has 86 valence electrons. The summed E-state index contributed by atoms with van der Waals surface area (Å²) >= 11 is 0. The molecule has 1 aliphatic heterocycles. The van der Waals surface area contributed by atoms with Crippen LogP contribution < -0.4 is 0 Å². The van der Waals surface area contributed by atoms with E-state index in [4.69, 9.17) is 14.6 Å². The number of hydrogen-bond acceptors (Lipinski definition) is 4. The first-order valence-electron chi connectivity index (χ1n) is 4.82. The van der Waals surface area contributed by atoms with Gasteiger partial charge in [0.2, 0.25) is 6.29 Å². The molecule has 1 N–H and O–H groups in total. The third-order valence-electron chi connectivity index (χ3n) is 2.28. The molecule has 0 aromatic rings. The number of carbonyl (C=O) groups excluding carboxylic acids is 1. The van der Waals surface area contributed by atoms with E-state index in [1.165, 1.54) is 6.92 Å². The van der Waals surface area contributed by atoms with Crippen molar-refractivity contribution in [3.63, 3.8) is 0 Å². The van der Waals surface area contributed by atoms with E-state index in [1.807, 2.05) is 20.8 Å². The van der Waals surface area contributed by atoms with Crippen molar-refractivity contribution in [3.8, 4) is 0 Å². The lowest BCUT2D eigenvalue weighted by molar-refractivity contribution is -0.155. The lowest BCUT2D eigenvalue weighted by atomic mass is 9.96. The molecule has 0 bridgehead atoms. The second-order valence-electron chi connectivity index (χ2n) is 4.82. The monoisotopic (exact) mass is 216 g/mol. The Morgan fingerprint density at radius 1 is 1.47 bits per heavy atom. The first kappa shape index (κ1) is 12.0. The minimum Gasteiger partial charge on any atom is -0.481 e. The summed E-state index contributed by atoms with van der Waals surface area (Å²) in [4.78, 5) is 22.1. The van der Waals surface area contributed by atoms with Crippen molar-refractivity contribution in [3.05, 3.63) is 0 Å². The fourth-order valence-electron chi connectivity index (χ4n) is 1.22. The molecule has 0 radical (unpaired) electrons. The van der Waals surface area contributed by atoms with Crippen LogP contribution in [0.1, 0.15) is 27.7 Å². The third kappa shape index (κ3) is 2.47. The van der Waals surface area contributed by atoms with E-state index in [2.05, 4.69) is 0 Å². The van der Waals surface area contributed by atoms with Crippen LogP contribution in [0, 0.1) is 11.3 Å². The molecule has 15 heavy (non-hydrogen) atoms. The lowest BCUT2D eigenvalue weighted by Crippen LogP contribution is -2.32. The number of carboxylic acids is 1. The summed E-state index contributed by atoms with van der Waals surface area (Å²) in [6.45, 7) is 7.01. The molecule has 1 saturated heterocycles. The molecule has 1 heterocycles. The Labute approximate surface area is 88.4 Å². The van der Waals surface area contributed by atoms with Crippen LogP contribution in [-0.2, 0) is 19.1 Å². The minimum atomic E-state index is -1.06. The second-order valence-corrected chi connectivity index (χ2v) is 4.82. The number of ether oxygens (including phenoxy) is 2. The maximum Gasteiger partial charge on any atom is 0.338 e. The molecule has 3 atom stereocenters. The fourth-order valence-corrected chi connectivity index (χ4v) is 1.22. The summed E-state index contributed by atoms with van der Waals surface area (Å²) in [5.41, 5.74) is -0.345. The topological polar surface area (TPSA) is 72.8 Å². The van der Waals surface area contributed by atoms with Gasteiger partial charge < -0.3 is 14.6 Å². The average molecular weight is 216 g/mol. The first-order chi connectivity index (χ1) is 6.73. The van der Waals surface area contributed by atoms with Gasteiger partial charge in [-0.25, -0.2) is 4.79 Å². The highest BCUT2D eigenvalue weighted by Gasteiger charge is 2.45. The Bertz CT molecular complexity index is 278. The summed E-state index contributed by atoms with van der Waals surface area (Å²) in [6, 6.07) is 0. The van der Waals surface area contributed by atoms with Crippen LogP contribution in [0.3, 0.4) is 0 Å². The molecule has 0 spiro atoms. The van der Waals surface area contributed by atoms with E-state index in [0.29, 0.717) is 0 Å². The van der Waals surface area contributed by atoms with Crippen molar-refractivity contribution in [1.29, 1.82) is 0 Å². The quantitative estimate of drug-likeness (QED) is 0.698. The largest absolute Gasteiger partial charge is 0.481 e. The molecule has 0 aliphatic carbocycles. The van der Waals surface area contributed by atoms with Gasteiger partial charge in [0, 0.05) is 5.41 Å². The molecular formula is C10H16O5. The number of carbonyl (C=O) groups is 2. The fraction of sp³-hybridized carbons (Fsp3) is 0.800. The predicted molar refractivity (Wildman–Crippen MR) is 51.0 cm³/mol. The molecule has 0 saturated carbocycles. The summed E-state index contributed by atoms with van der Waals surface area (Å²) in [5, 5.41) is 8.76. The SMILES string of the molecule is C[C@@H](C(=O)O)[C@@H]1O[C@H](C(C)(C)C)OC1=O. The summed E-state index contributed by atoms with van der Waals surface area (Å²) < 4.78 is 10.3. The Kier molecular flexibility index (Phi) is 3.04. The van der Waals surface area contributed by atoms with Gasteiger partial charge in [0.05, 0.1) is 5.92 Å². The van der Waals surface area contributed by atoms with Gasteiger partial charge in [-0.05, 0) is 6.92 Å². The lowest BCUT2D eigenvalue weighted by Gasteiger charge is -2.24. The van der Waals surface area contributed by atoms with Crippen LogP contribution in [0.5, 0.6) is 0 Å². The van der Waals surface area contributed by atoms with Crippen molar-refractivity contribution >= 4 is 11.9 Å². The number of hydrogen-bond donors (Lipinski definition) is 1. The highest BCUT2D eigenvalue weighted by Crippen LogP contribution is 2.31. The second kappa shape index (κ2) is 3.81. The van der Waals surface area contributed by atoms with E-state index in [0.717, 1.165) is 0 Å². The van der Waals surface area contributed by atoms with E-state index in [9.17, 15) is 9.59 Å². The predicted octanol–water partition coefficient (Wildman–Crippen LogP) is 1.02. The Morgan fingerprint density at radius 3 is 2.33 bits per heavy atom. The molecule has 0 aromatic heterocycles. The van der Waals surface area contributed by atoms with Gasteiger partial charge >= 0.3 is 11.9 Å². The molecule has 1 fully saturated rings. The first-order valence-corrected chi connectivity index (χ1v) is 4.82. The number of carboxylic acid groups (broad SMARTS) is 1. The van der Waals surface area contributed by atoms with Gasteiger partial charge in [0.15, 0.2) is 6.10 Å². The number of rotatable bonds is 2. The van der Waals surface area contributed by atoms with Crippen LogP contribution in [0.15, 0.2) is 0 Å². The third-order valence-corrected chi connectivity index (χ3v) is 2.28.